The molecule has 2 N–H and O–H groups in total. The van der Waals surface area contributed by atoms with Crippen LogP contribution in [-0.2, 0) is 6.54 Å². The second-order valence-electron chi connectivity index (χ2n) is 5.34. The monoisotopic (exact) mass is 256 g/mol. The maximum Gasteiger partial charge on any atom is 0.318 e. The van der Waals surface area contributed by atoms with Crippen molar-refractivity contribution < 1.29 is 9.52 Å². The van der Waals surface area contributed by atoms with Crippen molar-refractivity contribution in [2.45, 2.75) is 52.8 Å². The minimum Gasteiger partial charge on any atom is -0.407 e. The summed E-state index contributed by atoms with van der Waals surface area (Å²) in [4.78, 5) is 1.87. The molecule has 0 amide bonds. The van der Waals surface area contributed by atoms with E-state index in [-0.39, 0.29) is 0 Å². The minimum absolute atomic E-state index is 0.374. The number of likely N-dealkylation sites (N-methyl/N-ethyl adjacent to an activating group) is 1. The molecule has 104 valence electrons. The first-order valence-electron chi connectivity index (χ1n) is 6.35. The number of nitrogens with one attached hydrogen (secondary N) is 1. The zero-order valence-electron chi connectivity index (χ0n) is 11.9. The molecule has 0 atom stereocenters. The van der Waals surface area contributed by atoms with E-state index in [1.54, 1.807) is 13.8 Å². The molecule has 0 aromatic carbocycles. The largest absolute Gasteiger partial charge is 0.407 e. The fourth-order valence-corrected chi connectivity index (χ4v) is 1.52. The molecule has 0 radical (unpaired) electrons. The SMILES string of the molecule is CCN(CC(C)(C)O)c1nnc(CNC(C)C)o1. The summed E-state index contributed by atoms with van der Waals surface area (Å²) in [5, 5.41) is 21.0. The molecule has 6 heteroatoms. The molecule has 1 rings (SSSR count). The molecule has 0 fully saturated rings. The predicted molar refractivity (Wildman–Crippen MR) is 70.5 cm³/mol. The Balaban J connectivity index is 2.64. The topological polar surface area (TPSA) is 74.4 Å². The van der Waals surface area contributed by atoms with Crippen LogP contribution in [0.25, 0.3) is 0 Å². The number of aromatic nitrogens is 2. The average Bonchev–Trinajstić information content (AvgIpc) is 2.70. The van der Waals surface area contributed by atoms with E-state index in [2.05, 4.69) is 29.4 Å². The van der Waals surface area contributed by atoms with Crippen molar-refractivity contribution in [1.29, 1.82) is 0 Å². The van der Waals surface area contributed by atoms with Gasteiger partial charge >= 0.3 is 6.01 Å². The highest BCUT2D eigenvalue weighted by atomic mass is 16.4. The molecular weight excluding hydrogens is 232 g/mol. The molecule has 0 spiro atoms. The third-order valence-corrected chi connectivity index (χ3v) is 2.35. The third kappa shape index (κ3) is 5.01. The van der Waals surface area contributed by atoms with E-state index in [0.29, 0.717) is 37.6 Å². The summed E-state index contributed by atoms with van der Waals surface area (Å²) >= 11 is 0. The van der Waals surface area contributed by atoms with E-state index in [4.69, 9.17) is 4.42 Å². The first kappa shape index (κ1) is 14.9. The second-order valence-corrected chi connectivity index (χ2v) is 5.34. The van der Waals surface area contributed by atoms with E-state index >= 15 is 0 Å². The van der Waals surface area contributed by atoms with Crippen LogP contribution in [0, 0.1) is 0 Å². The number of rotatable bonds is 7. The van der Waals surface area contributed by atoms with Crippen molar-refractivity contribution >= 4 is 6.01 Å². The van der Waals surface area contributed by atoms with Crippen LogP contribution in [0.4, 0.5) is 6.01 Å². The van der Waals surface area contributed by atoms with Crippen LogP contribution in [0.15, 0.2) is 4.42 Å². The predicted octanol–water partition coefficient (Wildman–Crippen LogP) is 1.16. The van der Waals surface area contributed by atoms with Gasteiger partial charge in [0, 0.05) is 12.6 Å². The van der Waals surface area contributed by atoms with Gasteiger partial charge in [-0.25, -0.2) is 0 Å². The molecule has 1 heterocycles. The summed E-state index contributed by atoms with van der Waals surface area (Å²) in [7, 11) is 0. The molecule has 1 aromatic heterocycles. The van der Waals surface area contributed by atoms with Gasteiger partial charge < -0.3 is 19.7 Å². The normalized spacial score (nSPS) is 12.2. The van der Waals surface area contributed by atoms with E-state index < -0.39 is 5.60 Å². The standard InChI is InChI=1S/C12H24N4O2/c1-6-16(8-12(4,5)17)11-15-14-10(18-11)7-13-9(2)3/h9,13,17H,6-8H2,1-5H3. The Morgan fingerprint density at radius 1 is 1.39 bits per heavy atom. The summed E-state index contributed by atoms with van der Waals surface area (Å²) < 4.78 is 5.56. The van der Waals surface area contributed by atoms with Crippen molar-refractivity contribution in [3.63, 3.8) is 0 Å². The number of hydrogen-bond donors (Lipinski definition) is 2. The minimum atomic E-state index is -0.791. The van der Waals surface area contributed by atoms with Crippen molar-refractivity contribution in [3.05, 3.63) is 5.89 Å². The van der Waals surface area contributed by atoms with Gasteiger partial charge in [-0.1, -0.05) is 18.9 Å². The van der Waals surface area contributed by atoms with Crippen LogP contribution < -0.4 is 10.2 Å². The lowest BCUT2D eigenvalue weighted by atomic mass is 10.1. The van der Waals surface area contributed by atoms with Crippen LogP contribution in [0.3, 0.4) is 0 Å². The lowest BCUT2D eigenvalue weighted by Crippen LogP contribution is -2.38. The van der Waals surface area contributed by atoms with Gasteiger partial charge in [-0.15, -0.1) is 5.10 Å². The number of hydrogen-bond acceptors (Lipinski definition) is 6. The Morgan fingerprint density at radius 2 is 2.06 bits per heavy atom. The molecule has 18 heavy (non-hydrogen) atoms. The third-order valence-electron chi connectivity index (χ3n) is 2.35. The van der Waals surface area contributed by atoms with Gasteiger partial charge in [-0.05, 0) is 20.8 Å². The lowest BCUT2D eigenvalue weighted by molar-refractivity contribution is 0.0863. The van der Waals surface area contributed by atoms with Gasteiger partial charge in [-0.3, -0.25) is 0 Å². The lowest BCUT2D eigenvalue weighted by Gasteiger charge is -2.26. The maximum absolute atomic E-state index is 9.82. The molecule has 0 saturated heterocycles. The van der Waals surface area contributed by atoms with Crippen LogP contribution in [0.1, 0.15) is 40.5 Å². The fourth-order valence-electron chi connectivity index (χ4n) is 1.52. The Hall–Kier alpha value is -1.14. The molecule has 0 aliphatic heterocycles. The van der Waals surface area contributed by atoms with Crippen molar-refractivity contribution in [2.75, 3.05) is 18.0 Å². The molecule has 6 nitrogen and oxygen atoms in total. The Labute approximate surface area is 108 Å². The van der Waals surface area contributed by atoms with Crippen LogP contribution in [-0.4, -0.2) is 40.0 Å². The van der Waals surface area contributed by atoms with E-state index in [0.717, 1.165) is 0 Å². The number of anilines is 1. The van der Waals surface area contributed by atoms with Gasteiger partial charge in [0.1, 0.15) is 0 Å². The number of aliphatic hydroxyl groups is 1. The summed E-state index contributed by atoms with van der Waals surface area (Å²) in [6, 6.07) is 0.833. The highest BCUT2D eigenvalue weighted by Gasteiger charge is 2.21. The zero-order chi connectivity index (χ0) is 13.8. The van der Waals surface area contributed by atoms with Gasteiger partial charge in [-0.2, -0.15) is 0 Å². The second kappa shape index (κ2) is 6.15. The van der Waals surface area contributed by atoms with E-state index in [1.165, 1.54) is 0 Å². The van der Waals surface area contributed by atoms with E-state index in [9.17, 15) is 5.11 Å². The quantitative estimate of drug-likeness (QED) is 0.762. The summed E-state index contributed by atoms with van der Waals surface area (Å²) in [5.41, 5.74) is -0.791. The summed E-state index contributed by atoms with van der Waals surface area (Å²) in [6.07, 6.45) is 0. The summed E-state index contributed by atoms with van der Waals surface area (Å²) in [6.45, 7) is 11.4. The van der Waals surface area contributed by atoms with Crippen molar-refractivity contribution in [3.8, 4) is 0 Å². The van der Waals surface area contributed by atoms with Gasteiger partial charge in [0.05, 0.1) is 18.7 Å². The highest BCUT2D eigenvalue weighted by Crippen LogP contribution is 2.15. The summed E-state index contributed by atoms with van der Waals surface area (Å²) in [5.74, 6) is 0.563. The Bertz CT molecular complexity index is 357. The molecule has 0 aliphatic carbocycles. The number of nitrogens with zero attached hydrogens (tertiary/aromatic N) is 3. The maximum atomic E-state index is 9.82. The molecule has 1 aromatic rings. The fraction of sp³-hybridized carbons (Fsp3) is 0.833. The van der Waals surface area contributed by atoms with Crippen LogP contribution in [0.5, 0.6) is 0 Å². The molecule has 0 unspecified atom stereocenters. The smallest absolute Gasteiger partial charge is 0.318 e. The molecule has 0 bridgehead atoms. The van der Waals surface area contributed by atoms with Gasteiger partial charge in [0.15, 0.2) is 0 Å². The Kier molecular flexibility index (Phi) is 5.10. The van der Waals surface area contributed by atoms with Gasteiger partial charge in [0.2, 0.25) is 5.89 Å². The zero-order valence-corrected chi connectivity index (χ0v) is 11.9. The average molecular weight is 256 g/mol. The highest BCUT2D eigenvalue weighted by molar-refractivity contribution is 5.24. The van der Waals surface area contributed by atoms with E-state index in [1.807, 2.05) is 11.8 Å². The Morgan fingerprint density at radius 3 is 2.56 bits per heavy atom. The van der Waals surface area contributed by atoms with Crippen molar-refractivity contribution in [1.82, 2.24) is 15.5 Å². The first-order chi connectivity index (χ1) is 8.31. The molecule has 0 aliphatic rings. The first-order valence-corrected chi connectivity index (χ1v) is 6.35. The molecule has 0 saturated carbocycles. The van der Waals surface area contributed by atoms with Crippen LogP contribution in [0.2, 0.25) is 0 Å². The molecular formula is C12H24N4O2. The van der Waals surface area contributed by atoms with Crippen LogP contribution >= 0.6 is 0 Å². The van der Waals surface area contributed by atoms with Gasteiger partial charge in [0.25, 0.3) is 0 Å². The van der Waals surface area contributed by atoms with Crippen molar-refractivity contribution in [2.24, 2.45) is 0 Å².